The van der Waals surface area contributed by atoms with Gasteiger partial charge < -0.3 is 11.1 Å². The standard InChI is InChI=1S/C16H15N3OS.2ClH/c17-8-15(13-4-6-21-10-13)16(20)19-14-2-1-12-9-18-5-3-11(12)7-14;;/h1-7,9-10,15H,8,17H2,(H,19,20);2*1H. The lowest BCUT2D eigenvalue weighted by molar-refractivity contribution is -0.117. The summed E-state index contributed by atoms with van der Waals surface area (Å²) < 4.78 is 0. The van der Waals surface area contributed by atoms with Crippen LogP contribution in [0.15, 0.2) is 53.5 Å². The molecular formula is C16H17Cl2N3OS. The number of rotatable bonds is 4. The average molecular weight is 370 g/mol. The van der Waals surface area contributed by atoms with Crippen LogP contribution in [0.25, 0.3) is 10.8 Å². The Bertz CT molecular complexity index is 765. The Balaban J connectivity index is 0.00000132. The van der Waals surface area contributed by atoms with E-state index in [1.54, 1.807) is 23.7 Å². The van der Waals surface area contributed by atoms with Gasteiger partial charge in [0.2, 0.25) is 5.91 Å². The zero-order chi connectivity index (χ0) is 14.7. The average Bonchev–Trinajstić information content (AvgIpc) is 3.02. The summed E-state index contributed by atoms with van der Waals surface area (Å²) in [6, 6.07) is 9.62. The maximum atomic E-state index is 12.4. The summed E-state index contributed by atoms with van der Waals surface area (Å²) >= 11 is 1.57. The summed E-state index contributed by atoms with van der Waals surface area (Å²) in [6.07, 6.45) is 3.54. The normalized spacial score (nSPS) is 11.2. The lowest BCUT2D eigenvalue weighted by Crippen LogP contribution is -2.27. The van der Waals surface area contributed by atoms with Gasteiger partial charge in [-0.25, -0.2) is 0 Å². The van der Waals surface area contributed by atoms with E-state index < -0.39 is 0 Å². The van der Waals surface area contributed by atoms with Crippen molar-refractivity contribution in [3.63, 3.8) is 0 Å². The highest BCUT2D eigenvalue weighted by Crippen LogP contribution is 2.22. The van der Waals surface area contributed by atoms with Crippen molar-refractivity contribution in [2.24, 2.45) is 5.73 Å². The molecule has 2 aromatic heterocycles. The summed E-state index contributed by atoms with van der Waals surface area (Å²) in [5.74, 6) is -0.395. The minimum Gasteiger partial charge on any atom is -0.329 e. The number of benzene rings is 1. The van der Waals surface area contributed by atoms with E-state index in [0.717, 1.165) is 22.0 Å². The first-order chi connectivity index (χ1) is 10.3. The molecule has 0 aliphatic heterocycles. The van der Waals surface area contributed by atoms with Crippen LogP contribution in [-0.2, 0) is 4.79 Å². The minimum absolute atomic E-state index is 0. The maximum absolute atomic E-state index is 12.4. The molecule has 23 heavy (non-hydrogen) atoms. The number of amides is 1. The predicted octanol–water partition coefficient (Wildman–Crippen LogP) is 3.82. The van der Waals surface area contributed by atoms with E-state index in [4.69, 9.17) is 5.73 Å². The number of nitrogens with one attached hydrogen (secondary N) is 1. The topological polar surface area (TPSA) is 68.0 Å². The molecule has 1 atom stereocenters. The number of halogens is 2. The molecule has 122 valence electrons. The highest BCUT2D eigenvalue weighted by atomic mass is 35.5. The maximum Gasteiger partial charge on any atom is 0.233 e. The van der Waals surface area contributed by atoms with Gasteiger partial charge in [0.25, 0.3) is 0 Å². The zero-order valence-corrected chi connectivity index (χ0v) is 14.6. The smallest absolute Gasteiger partial charge is 0.233 e. The second-order valence-corrected chi connectivity index (χ2v) is 5.55. The van der Waals surface area contributed by atoms with Gasteiger partial charge in [-0.2, -0.15) is 11.3 Å². The van der Waals surface area contributed by atoms with Crippen LogP contribution in [-0.4, -0.2) is 17.4 Å². The fourth-order valence-corrected chi connectivity index (χ4v) is 2.97. The molecule has 2 heterocycles. The van der Waals surface area contributed by atoms with Gasteiger partial charge in [-0.15, -0.1) is 24.8 Å². The van der Waals surface area contributed by atoms with E-state index in [2.05, 4.69) is 10.3 Å². The number of hydrogen-bond donors (Lipinski definition) is 2. The molecule has 0 spiro atoms. The molecule has 3 rings (SSSR count). The molecule has 7 heteroatoms. The number of pyridine rings is 1. The number of hydrogen-bond acceptors (Lipinski definition) is 4. The second kappa shape index (κ2) is 8.84. The summed E-state index contributed by atoms with van der Waals surface area (Å²) in [7, 11) is 0. The fraction of sp³-hybridized carbons (Fsp3) is 0.125. The van der Waals surface area contributed by atoms with Crippen molar-refractivity contribution in [1.82, 2.24) is 4.98 Å². The molecule has 0 aliphatic rings. The van der Waals surface area contributed by atoms with E-state index in [1.165, 1.54) is 0 Å². The lowest BCUT2D eigenvalue weighted by Gasteiger charge is -2.14. The molecule has 4 nitrogen and oxygen atoms in total. The monoisotopic (exact) mass is 369 g/mol. The molecule has 1 amide bonds. The third kappa shape index (κ3) is 4.42. The van der Waals surface area contributed by atoms with Gasteiger partial charge in [-0.1, -0.05) is 6.07 Å². The van der Waals surface area contributed by atoms with Crippen molar-refractivity contribution in [3.05, 3.63) is 59.0 Å². The van der Waals surface area contributed by atoms with Crippen LogP contribution >= 0.6 is 36.2 Å². The molecule has 0 saturated carbocycles. The summed E-state index contributed by atoms with van der Waals surface area (Å²) in [5, 5.41) is 8.94. The van der Waals surface area contributed by atoms with Gasteiger partial charge in [-0.05, 0) is 46.0 Å². The van der Waals surface area contributed by atoms with E-state index >= 15 is 0 Å². The summed E-state index contributed by atoms with van der Waals surface area (Å²) in [5.41, 5.74) is 7.48. The van der Waals surface area contributed by atoms with Gasteiger partial charge >= 0.3 is 0 Å². The van der Waals surface area contributed by atoms with E-state index in [1.807, 2.05) is 41.1 Å². The van der Waals surface area contributed by atoms with Crippen molar-refractivity contribution in [2.75, 3.05) is 11.9 Å². The van der Waals surface area contributed by atoms with Crippen molar-refractivity contribution >= 4 is 58.5 Å². The number of carbonyl (C=O) groups is 1. The fourth-order valence-electron chi connectivity index (χ4n) is 2.26. The van der Waals surface area contributed by atoms with Crippen molar-refractivity contribution in [1.29, 1.82) is 0 Å². The van der Waals surface area contributed by atoms with E-state index in [-0.39, 0.29) is 36.6 Å². The highest BCUT2D eigenvalue weighted by molar-refractivity contribution is 7.08. The van der Waals surface area contributed by atoms with Gasteiger partial charge in [-0.3, -0.25) is 9.78 Å². The number of thiophene rings is 1. The first-order valence-electron chi connectivity index (χ1n) is 6.65. The van der Waals surface area contributed by atoms with Crippen LogP contribution in [0.2, 0.25) is 0 Å². The third-order valence-electron chi connectivity index (χ3n) is 3.41. The van der Waals surface area contributed by atoms with Gasteiger partial charge in [0, 0.05) is 30.0 Å². The number of nitrogens with two attached hydrogens (primary N) is 1. The molecule has 1 unspecified atom stereocenters. The number of nitrogens with zero attached hydrogens (tertiary/aromatic N) is 1. The van der Waals surface area contributed by atoms with E-state index in [9.17, 15) is 4.79 Å². The number of aromatic nitrogens is 1. The molecule has 0 bridgehead atoms. The molecule has 0 fully saturated rings. The number of anilines is 1. The van der Waals surface area contributed by atoms with Crippen molar-refractivity contribution in [2.45, 2.75) is 5.92 Å². The first kappa shape index (κ1) is 19.4. The predicted molar refractivity (Wildman–Crippen MR) is 101 cm³/mol. The summed E-state index contributed by atoms with van der Waals surface area (Å²) in [4.78, 5) is 16.5. The Morgan fingerprint density at radius 3 is 2.74 bits per heavy atom. The van der Waals surface area contributed by atoms with Gasteiger partial charge in [0.15, 0.2) is 0 Å². The molecule has 3 aromatic rings. The molecule has 3 N–H and O–H groups in total. The molecule has 0 aliphatic carbocycles. The highest BCUT2D eigenvalue weighted by Gasteiger charge is 2.19. The second-order valence-electron chi connectivity index (χ2n) is 4.77. The Kier molecular flexibility index (Phi) is 7.45. The van der Waals surface area contributed by atoms with Crippen LogP contribution in [0.1, 0.15) is 11.5 Å². The Morgan fingerprint density at radius 1 is 1.22 bits per heavy atom. The third-order valence-corrected chi connectivity index (χ3v) is 4.11. The molecule has 0 saturated heterocycles. The lowest BCUT2D eigenvalue weighted by atomic mass is 10.0. The minimum atomic E-state index is -0.315. The number of carbonyl (C=O) groups excluding carboxylic acids is 1. The van der Waals surface area contributed by atoms with E-state index in [0.29, 0.717) is 6.54 Å². The quantitative estimate of drug-likeness (QED) is 0.734. The largest absolute Gasteiger partial charge is 0.329 e. The zero-order valence-electron chi connectivity index (χ0n) is 12.1. The van der Waals surface area contributed by atoms with Crippen LogP contribution < -0.4 is 11.1 Å². The first-order valence-corrected chi connectivity index (χ1v) is 7.59. The van der Waals surface area contributed by atoms with Gasteiger partial charge in [0.05, 0.1) is 5.92 Å². The van der Waals surface area contributed by atoms with Crippen LogP contribution in [0, 0.1) is 0 Å². The molecule has 0 radical (unpaired) electrons. The number of fused-ring (bicyclic) bond motifs is 1. The molecular weight excluding hydrogens is 353 g/mol. The van der Waals surface area contributed by atoms with Crippen molar-refractivity contribution in [3.8, 4) is 0 Å². The Morgan fingerprint density at radius 2 is 2.04 bits per heavy atom. The van der Waals surface area contributed by atoms with Crippen LogP contribution in [0.5, 0.6) is 0 Å². The van der Waals surface area contributed by atoms with Crippen LogP contribution in [0.3, 0.4) is 0 Å². The Hall–Kier alpha value is -1.66. The van der Waals surface area contributed by atoms with Crippen molar-refractivity contribution < 1.29 is 4.79 Å². The van der Waals surface area contributed by atoms with Crippen LogP contribution in [0.4, 0.5) is 5.69 Å². The van der Waals surface area contributed by atoms with Gasteiger partial charge in [0.1, 0.15) is 0 Å². The summed E-state index contributed by atoms with van der Waals surface area (Å²) in [6.45, 7) is 0.292. The SMILES string of the molecule is Cl.Cl.NCC(C(=O)Nc1ccc2cnccc2c1)c1ccsc1. The molecule has 1 aromatic carbocycles. The Labute approximate surface area is 150 Å².